The highest BCUT2D eigenvalue weighted by Crippen LogP contribution is 2.23. The summed E-state index contributed by atoms with van der Waals surface area (Å²) in [5.74, 6) is -0.182. The van der Waals surface area contributed by atoms with Crippen molar-refractivity contribution in [2.24, 2.45) is 0 Å². The van der Waals surface area contributed by atoms with Crippen molar-refractivity contribution in [1.82, 2.24) is 5.32 Å². The molecule has 1 aliphatic rings. The Morgan fingerprint density at radius 2 is 1.95 bits per heavy atom. The van der Waals surface area contributed by atoms with Gasteiger partial charge in [-0.3, -0.25) is 4.79 Å². The summed E-state index contributed by atoms with van der Waals surface area (Å²) < 4.78 is 13.6. The van der Waals surface area contributed by atoms with Crippen LogP contribution in [0.4, 0.5) is 4.39 Å². The highest BCUT2D eigenvalue weighted by molar-refractivity contribution is 6.00. The number of hydrogen-bond acceptors (Lipinski definition) is 2. The van der Waals surface area contributed by atoms with E-state index >= 15 is 0 Å². The Labute approximate surface area is 130 Å². The summed E-state index contributed by atoms with van der Waals surface area (Å²) in [4.78, 5) is 12.5. The molecule has 3 rings (SSSR count). The van der Waals surface area contributed by atoms with Gasteiger partial charge in [0.25, 0.3) is 0 Å². The fourth-order valence-electron chi connectivity index (χ4n) is 2.97. The fourth-order valence-corrected chi connectivity index (χ4v) is 2.97. The number of fused-ring (bicyclic) bond motifs is 1. The maximum atomic E-state index is 13.6. The molecule has 0 amide bonds. The second-order valence-electron chi connectivity index (χ2n) is 5.90. The molecular weight excluding hydrogens is 277 g/mol. The molecular formula is C19H20FNO. The van der Waals surface area contributed by atoms with Crippen molar-refractivity contribution in [2.75, 3.05) is 0 Å². The van der Waals surface area contributed by atoms with Crippen LogP contribution in [-0.4, -0.2) is 11.8 Å². The molecule has 0 heterocycles. The number of halogens is 1. The number of Topliss-reactive ketones (excluding diaryl/α,β-unsaturated/α-hetero) is 1. The monoisotopic (exact) mass is 297 g/mol. The van der Waals surface area contributed by atoms with Gasteiger partial charge in [0, 0.05) is 17.7 Å². The zero-order valence-electron chi connectivity index (χ0n) is 12.7. The van der Waals surface area contributed by atoms with Crippen LogP contribution in [0.3, 0.4) is 0 Å². The summed E-state index contributed by atoms with van der Waals surface area (Å²) >= 11 is 0. The van der Waals surface area contributed by atoms with Gasteiger partial charge < -0.3 is 5.32 Å². The molecule has 0 spiro atoms. The topological polar surface area (TPSA) is 29.1 Å². The van der Waals surface area contributed by atoms with Gasteiger partial charge in [-0.25, -0.2) is 4.39 Å². The summed E-state index contributed by atoms with van der Waals surface area (Å²) in [5, 5.41) is 3.12. The fraction of sp³-hybridized carbons (Fsp3) is 0.316. The summed E-state index contributed by atoms with van der Waals surface area (Å²) in [7, 11) is 0. The van der Waals surface area contributed by atoms with Gasteiger partial charge in [-0.05, 0) is 49.4 Å². The Bertz CT molecular complexity index is 696. The highest BCUT2D eigenvalue weighted by atomic mass is 19.1. The molecule has 1 N–H and O–H groups in total. The minimum atomic E-state index is -0.334. The van der Waals surface area contributed by atoms with E-state index in [2.05, 4.69) is 11.4 Å². The third-order valence-corrected chi connectivity index (χ3v) is 4.33. The first-order chi connectivity index (χ1) is 10.6. The van der Waals surface area contributed by atoms with Crippen molar-refractivity contribution in [3.05, 3.63) is 70.5 Å². The van der Waals surface area contributed by atoms with Crippen LogP contribution >= 0.6 is 0 Å². The first kappa shape index (κ1) is 14.9. The summed E-state index contributed by atoms with van der Waals surface area (Å²) in [6.45, 7) is 2.18. The zero-order valence-corrected chi connectivity index (χ0v) is 12.7. The highest BCUT2D eigenvalue weighted by Gasteiger charge is 2.18. The van der Waals surface area contributed by atoms with Crippen molar-refractivity contribution in [3.63, 3.8) is 0 Å². The molecule has 0 saturated carbocycles. The molecule has 2 aromatic rings. The molecule has 114 valence electrons. The maximum absolute atomic E-state index is 13.6. The Balaban J connectivity index is 1.66. The SMILES string of the molecule is CC(NCc1ccccc1F)C(=O)c1ccc2c(c1)CCC2. The molecule has 0 saturated heterocycles. The molecule has 0 aromatic heterocycles. The molecule has 1 aliphatic carbocycles. The number of carbonyl (C=O) groups excluding carboxylic acids is 1. The van der Waals surface area contributed by atoms with E-state index in [0.717, 1.165) is 18.4 Å². The third-order valence-electron chi connectivity index (χ3n) is 4.33. The van der Waals surface area contributed by atoms with E-state index in [1.54, 1.807) is 18.2 Å². The number of hydrogen-bond donors (Lipinski definition) is 1. The molecule has 1 atom stereocenters. The van der Waals surface area contributed by atoms with Crippen molar-refractivity contribution >= 4 is 5.78 Å². The molecule has 2 nitrogen and oxygen atoms in total. The van der Waals surface area contributed by atoms with E-state index in [0.29, 0.717) is 12.1 Å². The van der Waals surface area contributed by atoms with Crippen LogP contribution in [0, 0.1) is 5.82 Å². The third kappa shape index (κ3) is 3.09. The Morgan fingerprint density at radius 1 is 1.18 bits per heavy atom. The number of nitrogens with one attached hydrogen (secondary N) is 1. The number of ketones is 1. The molecule has 0 bridgehead atoms. The van der Waals surface area contributed by atoms with Gasteiger partial charge in [0.05, 0.1) is 6.04 Å². The van der Waals surface area contributed by atoms with E-state index in [1.807, 2.05) is 19.1 Å². The van der Waals surface area contributed by atoms with Gasteiger partial charge in [0.15, 0.2) is 5.78 Å². The predicted molar refractivity (Wildman–Crippen MR) is 85.5 cm³/mol. The lowest BCUT2D eigenvalue weighted by atomic mass is 10.0. The van der Waals surface area contributed by atoms with Gasteiger partial charge in [-0.15, -0.1) is 0 Å². The van der Waals surface area contributed by atoms with E-state index in [4.69, 9.17) is 0 Å². The molecule has 22 heavy (non-hydrogen) atoms. The lowest BCUT2D eigenvalue weighted by Crippen LogP contribution is -2.33. The van der Waals surface area contributed by atoms with E-state index in [1.165, 1.54) is 23.6 Å². The summed E-state index contributed by atoms with van der Waals surface area (Å²) in [6.07, 6.45) is 3.35. The Hall–Kier alpha value is -2.00. The second kappa shape index (κ2) is 6.41. The lowest BCUT2D eigenvalue weighted by Gasteiger charge is -2.14. The Kier molecular flexibility index (Phi) is 4.34. The quantitative estimate of drug-likeness (QED) is 0.853. The average molecular weight is 297 g/mol. The minimum Gasteiger partial charge on any atom is -0.303 e. The standard InChI is InChI=1S/C19H20FNO/c1-13(21-12-17-5-2-3-8-18(17)20)19(22)16-10-9-14-6-4-7-15(14)11-16/h2-3,5,8-11,13,21H,4,6-7,12H2,1H3. The Morgan fingerprint density at radius 3 is 2.77 bits per heavy atom. The largest absolute Gasteiger partial charge is 0.303 e. The molecule has 2 aromatic carbocycles. The van der Waals surface area contributed by atoms with Crippen molar-refractivity contribution in [1.29, 1.82) is 0 Å². The van der Waals surface area contributed by atoms with Crippen LogP contribution in [0.5, 0.6) is 0 Å². The smallest absolute Gasteiger partial charge is 0.179 e. The van der Waals surface area contributed by atoms with E-state index < -0.39 is 0 Å². The van der Waals surface area contributed by atoms with Crippen LogP contribution < -0.4 is 5.32 Å². The molecule has 0 aliphatic heterocycles. The predicted octanol–water partition coefficient (Wildman–Crippen LogP) is 3.68. The molecule has 1 unspecified atom stereocenters. The summed E-state index contributed by atoms with van der Waals surface area (Å²) in [5.41, 5.74) is 3.99. The molecule has 0 fully saturated rings. The van der Waals surface area contributed by atoms with Crippen molar-refractivity contribution in [3.8, 4) is 0 Å². The second-order valence-corrected chi connectivity index (χ2v) is 5.90. The van der Waals surface area contributed by atoms with Crippen LogP contribution in [0.15, 0.2) is 42.5 Å². The first-order valence-corrected chi connectivity index (χ1v) is 7.78. The van der Waals surface area contributed by atoms with Gasteiger partial charge in [-0.2, -0.15) is 0 Å². The minimum absolute atomic E-state index is 0.0611. The number of aryl methyl sites for hydroxylation is 2. The van der Waals surface area contributed by atoms with Crippen molar-refractivity contribution in [2.45, 2.75) is 38.8 Å². The zero-order chi connectivity index (χ0) is 15.5. The molecule has 0 radical (unpaired) electrons. The van der Waals surface area contributed by atoms with Crippen LogP contribution in [0.1, 0.15) is 40.4 Å². The van der Waals surface area contributed by atoms with Gasteiger partial charge in [0.1, 0.15) is 5.82 Å². The van der Waals surface area contributed by atoms with Crippen molar-refractivity contribution < 1.29 is 9.18 Å². The lowest BCUT2D eigenvalue weighted by molar-refractivity contribution is 0.0950. The van der Waals surface area contributed by atoms with Gasteiger partial charge in [0.2, 0.25) is 0 Å². The number of rotatable bonds is 5. The van der Waals surface area contributed by atoms with Gasteiger partial charge >= 0.3 is 0 Å². The first-order valence-electron chi connectivity index (χ1n) is 7.78. The van der Waals surface area contributed by atoms with E-state index in [9.17, 15) is 9.18 Å². The maximum Gasteiger partial charge on any atom is 0.179 e. The number of benzene rings is 2. The van der Waals surface area contributed by atoms with Crippen LogP contribution in [0.2, 0.25) is 0 Å². The summed E-state index contributed by atoms with van der Waals surface area (Å²) in [6, 6.07) is 12.3. The average Bonchev–Trinajstić information content (AvgIpc) is 3.00. The normalized spacial score (nSPS) is 14.6. The van der Waals surface area contributed by atoms with Crippen LogP contribution in [-0.2, 0) is 19.4 Å². The van der Waals surface area contributed by atoms with Crippen LogP contribution in [0.25, 0.3) is 0 Å². The number of carbonyl (C=O) groups is 1. The van der Waals surface area contributed by atoms with Gasteiger partial charge in [-0.1, -0.05) is 30.3 Å². The van der Waals surface area contributed by atoms with E-state index in [-0.39, 0.29) is 17.6 Å². The molecule has 3 heteroatoms.